The number of rotatable bonds is 4. The van der Waals surface area contributed by atoms with E-state index in [1.807, 2.05) is 4.90 Å². The van der Waals surface area contributed by atoms with Gasteiger partial charge in [-0.15, -0.1) is 0 Å². The molecule has 1 saturated heterocycles. The number of nitriles is 1. The lowest BCUT2D eigenvalue weighted by Crippen LogP contribution is -2.48. The van der Waals surface area contributed by atoms with Crippen molar-refractivity contribution in [1.82, 2.24) is 15.2 Å². The van der Waals surface area contributed by atoms with Gasteiger partial charge in [0.15, 0.2) is 0 Å². The molecule has 1 aliphatic heterocycles. The van der Waals surface area contributed by atoms with Crippen LogP contribution >= 0.6 is 0 Å². The fourth-order valence-electron chi connectivity index (χ4n) is 2.93. The van der Waals surface area contributed by atoms with Gasteiger partial charge in [-0.2, -0.15) is 5.26 Å². The van der Waals surface area contributed by atoms with E-state index < -0.39 is 0 Å². The predicted molar refractivity (Wildman–Crippen MR) is 85.4 cm³/mol. The van der Waals surface area contributed by atoms with Crippen LogP contribution in [0.5, 0.6) is 0 Å². The number of hydrogen-bond donors (Lipinski definition) is 2. The first-order chi connectivity index (χ1) is 10.6. The molecule has 2 heterocycles. The second kappa shape index (κ2) is 7.64. The van der Waals surface area contributed by atoms with Crippen LogP contribution in [0.3, 0.4) is 0 Å². The molecule has 0 aromatic carbocycles. The summed E-state index contributed by atoms with van der Waals surface area (Å²) in [5, 5.41) is 15.0. The first-order valence-corrected chi connectivity index (χ1v) is 7.72. The van der Waals surface area contributed by atoms with Crippen LogP contribution < -0.4 is 10.6 Å². The largest absolute Gasteiger partial charge is 0.367 e. The molecule has 1 aromatic rings. The number of likely N-dealkylation sites (tertiary alicyclic amines) is 1. The summed E-state index contributed by atoms with van der Waals surface area (Å²) in [7, 11) is 0. The minimum atomic E-state index is -0.0123. The number of carbonyl (C=O) groups is 1. The third kappa shape index (κ3) is 4.35. The Labute approximate surface area is 131 Å². The fourth-order valence-corrected chi connectivity index (χ4v) is 2.93. The fraction of sp³-hybridized carbons (Fsp3) is 0.562. The van der Waals surface area contributed by atoms with Gasteiger partial charge in [0.05, 0.1) is 5.56 Å². The summed E-state index contributed by atoms with van der Waals surface area (Å²) in [6.45, 7) is 7.05. The smallest absolute Gasteiger partial charge is 0.317 e. The van der Waals surface area contributed by atoms with E-state index in [-0.39, 0.29) is 6.03 Å². The molecule has 2 unspecified atom stereocenters. The molecule has 2 atom stereocenters. The summed E-state index contributed by atoms with van der Waals surface area (Å²) in [5.74, 6) is 1.66. The molecule has 2 rings (SSSR count). The van der Waals surface area contributed by atoms with E-state index in [2.05, 4.69) is 35.5 Å². The summed E-state index contributed by atoms with van der Waals surface area (Å²) in [5.41, 5.74) is 0.507. The number of anilines is 1. The zero-order valence-corrected chi connectivity index (χ0v) is 13.2. The van der Waals surface area contributed by atoms with Crippen LogP contribution in [0.1, 0.15) is 25.8 Å². The Kier molecular flexibility index (Phi) is 5.59. The van der Waals surface area contributed by atoms with Gasteiger partial charge in [-0.25, -0.2) is 9.78 Å². The van der Waals surface area contributed by atoms with Crippen molar-refractivity contribution in [1.29, 1.82) is 5.26 Å². The molecule has 6 heteroatoms. The predicted octanol–water partition coefficient (Wildman–Crippen LogP) is 2.05. The number of carbonyl (C=O) groups excluding carboxylic acids is 1. The highest BCUT2D eigenvalue weighted by molar-refractivity contribution is 5.74. The Morgan fingerprint density at radius 1 is 1.41 bits per heavy atom. The van der Waals surface area contributed by atoms with E-state index >= 15 is 0 Å². The van der Waals surface area contributed by atoms with E-state index in [9.17, 15) is 4.79 Å². The third-order valence-electron chi connectivity index (χ3n) is 3.78. The Balaban J connectivity index is 1.74. The number of nitrogens with zero attached hydrogens (tertiary/aromatic N) is 3. The maximum absolute atomic E-state index is 12.1. The van der Waals surface area contributed by atoms with Crippen LogP contribution in [0.25, 0.3) is 0 Å². The van der Waals surface area contributed by atoms with Crippen LogP contribution in [-0.4, -0.2) is 42.1 Å². The van der Waals surface area contributed by atoms with Crippen molar-refractivity contribution in [3.63, 3.8) is 0 Å². The van der Waals surface area contributed by atoms with Gasteiger partial charge in [0, 0.05) is 32.4 Å². The highest BCUT2D eigenvalue weighted by Crippen LogP contribution is 2.20. The average molecular weight is 301 g/mol. The van der Waals surface area contributed by atoms with Crippen molar-refractivity contribution in [3.05, 3.63) is 23.9 Å². The molecule has 0 saturated carbocycles. The topological polar surface area (TPSA) is 81.1 Å². The Morgan fingerprint density at radius 2 is 2.14 bits per heavy atom. The Hall–Kier alpha value is -2.29. The zero-order valence-electron chi connectivity index (χ0n) is 13.2. The first kappa shape index (κ1) is 16.1. The maximum atomic E-state index is 12.1. The number of urea groups is 1. The summed E-state index contributed by atoms with van der Waals surface area (Å²) in [6.07, 6.45) is 2.82. The summed E-state index contributed by atoms with van der Waals surface area (Å²) in [6, 6.07) is 5.51. The molecule has 1 aliphatic rings. The van der Waals surface area contributed by atoms with Crippen LogP contribution in [-0.2, 0) is 0 Å². The highest BCUT2D eigenvalue weighted by Gasteiger charge is 2.24. The Morgan fingerprint density at radius 3 is 2.82 bits per heavy atom. The molecule has 0 bridgehead atoms. The molecular formula is C16H23N5O. The molecular weight excluding hydrogens is 278 g/mol. The summed E-state index contributed by atoms with van der Waals surface area (Å²) >= 11 is 0. The molecule has 22 heavy (non-hydrogen) atoms. The lowest BCUT2D eigenvalue weighted by molar-refractivity contribution is 0.146. The van der Waals surface area contributed by atoms with Gasteiger partial charge in [0.25, 0.3) is 0 Å². The first-order valence-electron chi connectivity index (χ1n) is 7.72. The lowest BCUT2D eigenvalue weighted by atomic mass is 9.92. The molecule has 6 nitrogen and oxygen atoms in total. The van der Waals surface area contributed by atoms with Gasteiger partial charge in [-0.1, -0.05) is 13.8 Å². The summed E-state index contributed by atoms with van der Waals surface area (Å²) < 4.78 is 0. The lowest BCUT2D eigenvalue weighted by Gasteiger charge is -2.34. The maximum Gasteiger partial charge on any atom is 0.317 e. The highest BCUT2D eigenvalue weighted by atomic mass is 16.2. The van der Waals surface area contributed by atoms with Gasteiger partial charge in [-0.05, 0) is 30.4 Å². The quantitative estimate of drug-likeness (QED) is 0.834. The van der Waals surface area contributed by atoms with E-state index in [0.29, 0.717) is 36.3 Å². The SMILES string of the molecule is CC1CC(C)CN(C(=O)NCCNc2ncccc2C#N)C1. The van der Waals surface area contributed by atoms with Crippen LogP contribution in [0, 0.1) is 23.2 Å². The zero-order chi connectivity index (χ0) is 15.9. The number of aromatic nitrogens is 1. The average Bonchev–Trinajstić information content (AvgIpc) is 2.50. The van der Waals surface area contributed by atoms with Gasteiger partial charge in [0.2, 0.25) is 0 Å². The van der Waals surface area contributed by atoms with Crippen molar-refractivity contribution >= 4 is 11.8 Å². The molecule has 2 amide bonds. The van der Waals surface area contributed by atoms with Crippen LogP contribution in [0.4, 0.5) is 10.6 Å². The van der Waals surface area contributed by atoms with Crippen molar-refractivity contribution in [2.24, 2.45) is 11.8 Å². The van der Waals surface area contributed by atoms with E-state index in [4.69, 9.17) is 5.26 Å². The number of nitrogens with one attached hydrogen (secondary N) is 2. The van der Waals surface area contributed by atoms with Crippen molar-refractivity contribution in [2.75, 3.05) is 31.5 Å². The van der Waals surface area contributed by atoms with Gasteiger partial charge < -0.3 is 15.5 Å². The van der Waals surface area contributed by atoms with Crippen LogP contribution in [0.15, 0.2) is 18.3 Å². The molecule has 118 valence electrons. The number of amides is 2. The molecule has 0 radical (unpaired) electrons. The van der Waals surface area contributed by atoms with Crippen LogP contribution in [0.2, 0.25) is 0 Å². The molecule has 1 fully saturated rings. The second-order valence-electron chi connectivity index (χ2n) is 6.02. The van der Waals surface area contributed by atoms with E-state index in [0.717, 1.165) is 13.1 Å². The minimum absolute atomic E-state index is 0.0123. The third-order valence-corrected chi connectivity index (χ3v) is 3.78. The normalized spacial score (nSPS) is 21.0. The molecule has 1 aromatic heterocycles. The molecule has 0 spiro atoms. The van der Waals surface area contributed by atoms with Gasteiger partial charge in [0.1, 0.15) is 11.9 Å². The molecule has 0 aliphatic carbocycles. The second-order valence-corrected chi connectivity index (χ2v) is 6.02. The van der Waals surface area contributed by atoms with Crippen molar-refractivity contribution < 1.29 is 4.79 Å². The van der Waals surface area contributed by atoms with Gasteiger partial charge in [-0.3, -0.25) is 0 Å². The van der Waals surface area contributed by atoms with Gasteiger partial charge >= 0.3 is 6.03 Å². The monoisotopic (exact) mass is 301 g/mol. The van der Waals surface area contributed by atoms with E-state index in [1.54, 1.807) is 18.3 Å². The minimum Gasteiger partial charge on any atom is -0.367 e. The van der Waals surface area contributed by atoms with Crippen molar-refractivity contribution in [3.8, 4) is 6.07 Å². The Bertz CT molecular complexity index is 544. The van der Waals surface area contributed by atoms with Crippen molar-refractivity contribution in [2.45, 2.75) is 20.3 Å². The summed E-state index contributed by atoms with van der Waals surface area (Å²) in [4.78, 5) is 18.2. The van der Waals surface area contributed by atoms with E-state index in [1.165, 1.54) is 6.42 Å². The number of piperidine rings is 1. The number of hydrogen-bond acceptors (Lipinski definition) is 4. The number of pyridine rings is 1. The standard InChI is InChI=1S/C16H23N5O/c1-12-8-13(2)11-21(10-12)16(22)20-7-6-19-15-14(9-17)4-3-5-18-15/h3-5,12-13H,6-8,10-11H2,1-2H3,(H,18,19)(H,20,22). The molecule has 2 N–H and O–H groups in total.